The lowest BCUT2D eigenvalue weighted by Gasteiger charge is -2.29. The van der Waals surface area contributed by atoms with E-state index in [1.165, 1.54) is 25.9 Å². The van der Waals surface area contributed by atoms with Crippen LogP contribution in [0.15, 0.2) is 22.6 Å². The number of rotatable bonds is 4. The summed E-state index contributed by atoms with van der Waals surface area (Å²) in [7, 11) is 0. The van der Waals surface area contributed by atoms with Crippen LogP contribution in [-0.4, -0.2) is 36.1 Å². The number of anilines is 2. The molecule has 5 nitrogen and oxygen atoms in total. The summed E-state index contributed by atoms with van der Waals surface area (Å²) in [6.07, 6.45) is 2.62. The van der Waals surface area contributed by atoms with Crippen LogP contribution in [0.2, 0.25) is 0 Å². The number of nitrogen functional groups attached to an aromatic ring is 1. The van der Waals surface area contributed by atoms with Gasteiger partial charge in [-0.25, -0.2) is 0 Å². The summed E-state index contributed by atoms with van der Waals surface area (Å²) < 4.78 is 5.63. The Kier molecular flexibility index (Phi) is 3.78. The first kappa shape index (κ1) is 13.2. The third-order valence-electron chi connectivity index (χ3n) is 3.99. The van der Waals surface area contributed by atoms with Crippen molar-refractivity contribution < 1.29 is 4.42 Å². The van der Waals surface area contributed by atoms with Crippen LogP contribution in [0.4, 0.5) is 11.7 Å². The van der Waals surface area contributed by atoms with Gasteiger partial charge in [-0.3, -0.25) is 0 Å². The number of fused-ring (bicyclic) bond motifs is 1. The fraction of sp³-hybridized carbons (Fsp3) is 0.533. The van der Waals surface area contributed by atoms with Gasteiger partial charge in [0, 0.05) is 18.8 Å². The Morgan fingerprint density at radius 2 is 2.20 bits per heavy atom. The minimum Gasteiger partial charge on any atom is -0.424 e. The summed E-state index contributed by atoms with van der Waals surface area (Å²) in [6, 6.07) is 6.09. The number of oxazole rings is 1. The van der Waals surface area contributed by atoms with E-state index in [1.54, 1.807) is 0 Å². The molecule has 0 unspecified atom stereocenters. The molecule has 1 aliphatic heterocycles. The van der Waals surface area contributed by atoms with E-state index in [1.807, 2.05) is 18.2 Å². The summed E-state index contributed by atoms with van der Waals surface area (Å²) >= 11 is 0. The summed E-state index contributed by atoms with van der Waals surface area (Å²) in [6.45, 7) is 6.63. The molecular formula is C15H22N4O. The Balaban J connectivity index is 1.52. The number of nitrogens with zero attached hydrogens (tertiary/aromatic N) is 2. The van der Waals surface area contributed by atoms with Crippen molar-refractivity contribution in [1.29, 1.82) is 0 Å². The van der Waals surface area contributed by atoms with Gasteiger partial charge in [-0.1, -0.05) is 6.92 Å². The zero-order chi connectivity index (χ0) is 13.9. The number of benzene rings is 1. The predicted molar refractivity (Wildman–Crippen MR) is 81.7 cm³/mol. The minimum absolute atomic E-state index is 0.580. The maximum Gasteiger partial charge on any atom is 0.295 e. The standard InChI is InChI=1S/C15H22N4O/c1-11-4-7-19(8-5-11)9-6-17-15-18-13-10-12(16)2-3-14(13)20-15/h2-3,10-11H,4-9,16H2,1H3,(H,17,18). The Bertz CT molecular complexity index is 572. The van der Waals surface area contributed by atoms with E-state index < -0.39 is 0 Å². The smallest absolute Gasteiger partial charge is 0.295 e. The van der Waals surface area contributed by atoms with Gasteiger partial charge in [0.2, 0.25) is 0 Å². The lowest BCUT2D eigenvalue weighted by Crippen LogP contribution is -2.36. The van der Waals surface area contributed by atoms with E-state index in [0.717, 1.165) is 30.1 Å². The van der Waals surface area contributed by atoms with Crippen LogP contribution in [0.25, 0.3) is 11.1 Å². The molecule has 3 N–H and O–H groups in total. The molecule has 0 bridgehead atoms. The highest BCUT2D eigenvalue weighted by atomic mass is 16.4. The molecule has 2 heterocycles. The molecule has 0 radical (unpaired) electrons. The lowest BCUT2D eigenvalue weighted by molar-refractivity contribution is 0.198. The topological polar surface area (TPSA) is 67.3 Å². The minimum atomic E-state index is 0.580. The molecule has 1 saturated heterocycles. The van der Waals surface area contributed by atoms with Crippen LogP contribution in [0.5, 0.6) is 0 Å². The van der Waals surface area contributed by atoms with Gasteiger partial charge in [0.25, 0.3) is 6.01 Å². The first-order valence-corrected chi connectivity index (χ1v) is 7.33. The highest BCUT2D eigenvalue weighted by molar-refractivity contribution is 5.78. The SMILES string of the molecule is CC1CCN(CCNc2nc3cc(N)ccc3o2)CC1. The Morgan fingerprint density at radius 3 is 3.00 bits per heavy atom. The molecular weight excluding hydrogens is 252 g/mol. The molecule has 0 spiro atoms. The Labute approximate surface area is 119 Å². The van der Waals surface area contributed by atoms with Crippen LogP contribution < -0.4 is 11.1 Å². The maximum atomic E-state index is 5.73. The Morgan fingerprint density at radius 1 is 1.40 bits per heavy atom. The molecule has 0 saturated carbocycles. The van der Waals surface area contributed by atoms with Gasteiger partial charge in [-0.15, -0.1) is 0 Å². The van der Waals surface area contributed by atoms with E-state index in [9.17, 15) is 0 Å². The van der Waals surface area contributed by atoms with Crippen molar-refractivity contribution in [2.75, 3.05) is 37.2 Å². The second-order valence-electron chi connectivity index (χ2n) is 5.70. The molecule has 5 heteroatoms. The highest BCUT2D eigenvalue weighted by Gasteiger charge is 2.15. The molecule has 0 amide bonds. The maximum absolute atomic E-state index is 5.73. The molecule has 0 aliphatic carbocycles. The molecule has 20 heavy (non-hydrogen) atoms. The van der Waals surface area contributed by atoms with Crippen LogP contribution in [-0.2, 0) is 0 Å². The van der Waals surface area contributed by atoms with Crippen molar-refractivity contribution in [3.8, 4) is 0 Å². The van der Waals surface area contributed by atoms with Crippen LogP contribution >= 0.6 is 0 Å². The summed E-state index contributed by atoms with van der Waals surface area (Å²) in [5.41, 5.74) is 8.02. The number of hydrogen-bond acceptors (Lipinski definition) is 5. The number of nitrogens with one attached hydrogen (secondary N) is 1. The molecule has 3 rings (SSSR count). The average molecular weight is 274 g/mol. The zero-order valence-electron chi connectivity index (χ0n) is 11.9. The number of piperidine rings is 1. The quantitative estimate of drug-likeness (QED) is 0.839. The van der Waals surface area contributed by atoms with Gasteiger partial charge in [0.1, 0.15) is 5.52 Å². The zero-order valence-corrected chi connectivity index (χ0v) is 11.9. The van der Waals surface area contributed by atoms with E-state index in [4.69, 9.17) is 10.2 Å². The van der Waals surface area contributed by atoms with Crippen LogP contribution in [0, 0.1) is 5.92 Å². The molecule has 1 aromatic carbocycles. The molecule has 1 aliphatic rings. The van der Waals surface area contributed by atoms with E-state index in [2.05, 4.69) is 22.1 Å². The molecule has 108 valence electrons. The normalized spacial score (nSPS) is 17.6. The summed E-state index contributed by atoms with van der Waals surface area (Å²) in [4.78, 5) is 6.89. The van der Waals surface area contributed by atoms with E-state index in [-0.39, 0.29) is 0 Å². The van der Waals surface area contributed by atoms with Gasteiger partial charge >= 0.3 is 0 Å². The van der Waals surface area contributed by atoms with Crippen molar-refractivity contribution >= 4 is 22.8 Å². The van der Waals surface area contributed by atoms with Gasteiger partial charge in [0.05, 0.1) is 0 Å². The van der Waals surface area contributed by atoms with Gasteiger partial charge < -0.3 is 20.4 Å². The van der Waals surface area contributed by atoms with Crippen molar-refractivity contribution in [3.05, 3.63) is 18.2 Å². The fourth-order valence-electron chi connectivity index (χ4n) is 2.63. The van der Waals surface area contributed by atoms with Crippen molar-refractivity contribution in [2.24, 2.45) is 5.92 Å². The average Bonchev–Trinajstić information content (AvgIpc) is 2.83. The van der Waals surface area contributed by atoms with Crippen molar-refractivity contribution in [3.63, 3.8) is 0 Å². The van der Waals surface area contributed by atoms with Crippen LogP contribution in [0.3, 0.4) is 0 Å². The molecule has 0 atom stereocenters. The van der Waals surface area contributed by atoms with E-state index in [0.29, 0.717) is 11.7 Å². The first-order valence-electron chi connectivity index (χ1n) is 7.33. The van der Waals surface area contributed by atoms with E-state index >= 15 is 0 Å². The third-order valence-corrected chi connectivity index (χ3v) is 3.99. The predicted octanol–water partition coefficient (Wildman–Crippen LogP) is 2.55. The largest absolute Gasteiger partial charge is 0.424 e. The second kappa shape index (κ2) is 5.71. The van der Waals surface area contributed by atoms with Gasteiger partial charge in [-0.2, -0.15) is 4.98 Å². The van der Waals surface area contributed by atoms with Crippen molar-refractivity contribution in [2.45, 2.75) is 19.8 Å². The number of likely N-dealkylation sites (tertiary alicyclic amines) is 1. The Hall–Kier alpha value is -1.75. The van der Waals surface area contributed by atoms with Crippen LogP contribution in [0.1, 0.15) is 19.8 Å². The summed E-state index contributed by atoms with van der Waals surface area (Å²) in [5.74, 6) is 0.877. The third kappa shape index (κ3) is 3.04. The van der Waals surface area contributed by atoms with Gasteiger partial charge in [0.15, 0.2) is 5.58 Å². The highest BCUT2D eigenvalue weighted by Crippen LogP contribution is 2.21. The summed E-state index contributed by atoms with van der Waals surface area (Å²) in [5, 5.41) is 3.25. The van der Waals surface area contributed by atoms with Crippen molar-refractivity contribution in [1.82, 2.24) is 9.88 Å². The number of hydrogen-bond donors (Lipinski definition) is 2. The molecule has 1 fully saturated rings. The fourth-order valence-corrected chi connectivity index (χ4v) is 2.63. The monoisotopic (exact) mass is 274 g/mol. The lowest BCUT2D eigenvalue weighted by atomic mass is 9.99. The molecule has 2 aromatic rings. The number of nitrogens with two attached hydrogens (primary N) is 1. The first-order chi connectivity index (χ1) is 9.70. The second-order valence-corrected chi connectivity index (χ2v) is 5.70. The number of aromatic nitrogens is 1. The molecule has 1 aromatic heterocycles. The van der Waals surface area contributed by atoms with Gasteiger partial charge in [-0.05, 0) is 50.0 Å².